The van der Waals surface area contributed by atoms with E-state index in [1.54, 1.807) is 0 Å². The van der Waals surface area contributed by atoms with Gasteiger partial charge in [-0.15, -0.1) is 0 Å². The van der Waals surface area contributed by atoms with E-state index in [1.165, 1.54) is 16.8 Å². The van der Waals surface area contributed by atoms with Gasteiger partial charge in [0.1, 0.15) is 0 Å². The minimum absolute atomic E-state index is 0.717. The molecule has 2 aromatic heterocycles. The molecule has 0 unspecified atom stereocenters. The minimum atomic E-state index is 0.717. The Bertz CT molecular complexity index is 799. The van der Waals surface area contributed by atoms with Crippen LogP contribution in [0.1, 0.15) is 35.1 Å². The molecule has 3 heteroatoms. The molecule has 0 spiro atoms. The van der Waals surface area contributed by atoms with Crippen LogP contribution in [0.15, 0.2) is 41.6 Å². The van der Waals surface area contributed by atoms with E-state index in [0.717, 1.165) is 35.2 Å². The number of hydrogen-bond acceptors (Lipinski definition) is 1. The topological polar surface area (TPSA) is 48.6 Å². The van der Waals surface area contributed by atoms with Crippen LogP contribution in [0.3, 0.4) is 0 Å². The minimum Gasteiger partial charge on any atom is -0.361 e. The van der Waals surface area contributed by atoms with Crippen LogP contribution in [-0.4, -0.2) is 16.3 Å². The fourth-order valence-corrected chi connectivity index (χ4v) is 3.08. The van der Waals surface area contributed by atoms with E-state index < -0.39 is 0 Å². The molecule has 0 bridgehead atoms. The molecule has 1 aliphatic rings. The van der Waals surface area contributed by atoms with E-state index in [2.05, 4.69) is 42.9 Å². The SMILES string of the molecule is CCc1c(C)[nH]c(/C=C2\C=C(c3ccc[nH]3)C=C2C=O)c1C. The van der Waals surface area contributed by atoms with Gasteiger partial charge in [0.05, 0.1) is 0 Å². The summed E-state index contributed by atoms with van der Waals surface area (Å²) >= 11 is 0. The van der Waals surface area contributed by atoms with Crippen molar-refractivity contribution in [2.75, 3.05) is 0 Å². The van der Waals surface area contributed by atoms with Crippen molar-refractivity contribution in [1.82, 2.24) is 9.97 Å². The first-order valence-electron chi connectivity index (χ1n) is 7.56. The summed E-state index contributed by atoms with van der Waals surface area (Å²) in [6, 6.07) is 3.96. The lowest BCUT2D eigenvalue weighted by Crippen LogP contribution is -1.86. The molecule has 3 nitrogen and oxygen atoms in total. The zero-order valence-corrected chi connectivity index (χ0v) is 13.2. The summed E-state index contributed by atoms with van der Waals surface area (Å²) in [5.41, 5.74) is 8.64. The molecule has 0 amide bonds. The van der Waals surface area contributed by atoms with E-state index in [-0.39, 0.29) is 0 Å². The molecule has 0 aliphatic heterocycles. The number of carbonyl (C=O) groups excluding carboxylic acids is 1. The van der Waals surface area contributed by atoms with Gasteiger partial charge >= 0.3 is 0 Å². The van der Waals surface area contributed by atoms with Gasteiger partial charge in [0.25, 0.3) is 0 Å². The third-order valence-corrected chi connectivity index (χ3v) is 4.28. The van der Waals surface area contributed by atoms with Crippen LogP contribution in [0.2, 0.25) is 0 Å². The standard InChI is InChI=1S/C19H20N2O/c1-4-17-12(2)19(21-13(17)3)10-14-8-15(9-16(14)11-22)18-6-5-7-20-18/h5-11,20-21H,4H2,1-3H3/b14-10+. The van der Waals surface area contributed by atoms with Crippen molar-refractivity contribution in [3.63, 3.8) is 0 Å². The Morgan fingerprint density at radius 3 is 2.64 bits per heavy atom. The van der Waals surface area contributed by atoms with Crippen molar-refractivity contribution in [1.29, 1.82) is 0 Å². The number of nitrogens with one attached hydrogen (secondary N) is 2. The smallest absolute Gasteiger partial charge is 0.150 e. The zero-order valence-electron chi connectivity index (χ0n) is 13.2. The van der Waals surface area contributed by atoms with Gasteiger partial charge in [-0.3, -0.25) is 4.79 Å². The number of H-pyrrole nitrogens is 2. The molecule has 2 N–H and O–H groups in total. The fraction of sp³-hybridized carbons (Fsp3) is 0.211. The Hall–Kier alpha value is -2.55. The summed E-state index contributed by atoms with van der Waals surface area (Å²) < 4.78 is 0. The predicted molar refractivity (Wildman–Crippen MR) is 90.5 cm³/mol. The predicted octanol–water partition coefficient (Wildman–Crippen LogP) is 4.13. The van der Waals surface area contributed by atoms with Gasteiger partial charge in [-0.25, -0.2) is 0 Å². The molecule has 1 aliphatic carbocycles. The number of aryl methyl sites for hydroxylation is 1. The summed E-state index contributed by atoms with van der Waals surface area (Å²) in [6.07, 6.45) is 9.87. The van der Waals surface area contributed by atoms with Crippen molar-refractivity contribution < 1.29 is 4.79 Å². The third kappa shape index (κ3) is 2.39. The van der Waals surface area contributed by atoms with Crippen LogP contribution in [0.5, 0.6) is 0 Å². The van der Waals surface area contributed by atoms with Gasteiger partial charge in [0.15, 0.2) is 6.29 Å². The first-order chi connectivity index (χ1) is 10.6. The third-order valence-electron chi connectivity index (χ3n) is 4.28. The second kappa shape index (κ2) is 5.68. The lowest BCUT2D eigenvalue weighted by Gasteiger charge is -1.98. The fourth-order valence-electron chi connectivity index (χ4n) is 3.08. The number of carbonyl (C=O) groups is 1. The van der Waals surface area contributed by atoms with Crippen molar-refractivity contribution in [2.45, 2.75) is 27.2 Å². The van der Waals surface area contributed by atoms with Crippen LogP contribution >= 0.6 is 0 Å². The van der Waals surface area contributed by atoms with Gasteiger partial charge in [0.2, 0.25) is 0 Å². The highest BCUT2D eigenvalue weighted by molar-refractivity contribution is 5.97. The van der Waals surface area contributed by atoms with Crippen molar-refractivity contribution in [3.05, 3.63) is 69.8 Å². The summed E-state index contributed by atoms with van der Waals surface area (Å²) in [6.45, 7) is 6.39. The lowest BCUT2D eigenvalue weighted by molar-refractivity contribution is -0.104. The van der Waals surface area contributed by atoms with E-state index in [1.807, 2.05) is 24.4 Å². The van der Waals surface area contributed by atoms with Crippen molar-refractivity contribution >= 4 is 17.9 Å². The molecule has 3 rings (SSSR count). The Morgan fingerprint density at radius 2 is 2.05 bits per heavy atom. The molecule has 0 saturated carbocycles. The van der Waals surface area contributed by atoms with Gasteiger partial charge in [0, 0.05) is 28.9 Å². The quantitative estimate of drug-likeness (QED) is 0.818. The second-order valence-corrected chi connectivity index (χ2v) is 5.62. The zero-order chi connectivity index (χ0) is 15.7. The molecule has 2 aromatic rings. The summed E-state index contributed by atoms with van der Waals surface area (Å²) in [5, 5.41) is 0. The molecule has 0 aromatic carbocycles. The van der Waals surface area contributed by atoms with Gasteiger partial charge in [-0.2, -0.15) is 0 Å². The average Bonchev–Trinajstić information content (AvgIpc) is 3.20. The summed E-state index contributed by atoms with van der Waals surface area (Å²) in [4.78, 5) is 18.0. The van der Waals surface area contributed by atoms with Crippen LogP contribution in [0, 0.1) is 13.8 Å². The summed E-state index contributed by atoms with van der Waals surface area (Å²) in [5.74, 6) is 0. The Labute approximate surface area is 130 Å². The molecule has 0 fully saturated rings. The maximum Gasteiger partial charge on any atom is 0.150 e. The second-order valence-electron chi connectivity index (χ2n) is 5.62. The number of allylic oxidation sites excluding steroid dienone is 5. The molecule has 0 atom stereocenters. The number of aldehydes is 1. The Balaban J connectivity index is 2.04. The average molecular weight is 292 g/mol. The van der Waals surface area contributed by atoms with E-state index in [0.29, 0.717) is 5.57 Å². The normalized spacial score (nSPS) is 16.0. The summed E-state index contributed by atoms with van der Waals surface area (Å²) in [7, 11) is 0. The van der Waals surface area contributed by atoms with Crippen LogP contribution in [-0.2, 0) is 11.2 Å². The van der Waals surface area contributed by atoms with E-state index in [4.69, 9.17) is 0 Å². The molecule has 22 heavy (non-hydrogen) atoms. The lowest BCUT2D eigenvalue weighted by atomic mass is 10.1. The Morgan fingerprint density at radius 1 is 1.23 bits per heavy atom. The van der Waals surface area contributed by atoms with Gasteiger partial charge in [-0.05, 0) is 72.9 Å². The highest BCUT2D eigenvalue weighted by Gasteiger charge is 2.15. The molecule has 112 valence electrons. The van der Waals surface area contributed by atoms with Crippen LogP contribution in [0.25, 0.3) is 11.6 Å². The maximum atomic E-state index is 11.4. The van der Waals surface area contributed by atoms with Crippen molar-refractivity contribution in [2.24, 2.45) is 0 Å². The number of aromatic amines is 2. The highest BCUT2D eigenvalue weighted by atomic mass is 16.1. The van der Waals surface area contributed by atoms with Gasteiger partial charge < -0.3 is 9.97 Å². The molecule has 0 radical (unpaired) electrons. The van der Waals surface area contributed by atoms with Crippen molar-refractivity contribution in [3.8, 4) is 0 Å². The first kappa shape index (κ1) is 14.4. The first-order valence-corrected chi connectivity index (χ1v) is 7.56. The maximum absolute atomic E-state index is 11.4. The van der Waals surface area contributed by atoms with E-state index >= 15 is 0 Å². The Kier molecular flexibility index (Phi) is 3.72. The number of hydrogen-bond donors (Lipinski definition) is 2. The largest absolute Gasteiger partial charge is 0.361 e. The van der Waals surface area contributed by atoms with Crippen LogP contribution < -0.4 is 0 Å². The number of rotatable bonds is 4. The monoisotopic (exact) mass is 292 g/mol. The van der Waals surface area contributed by atoms with Gasteiger partial charge in [-0.1, -0.05) is 6.92 Å². The van der Waals surface area contributed by atoms with Crippen LogP contribution in [0.4, 0.5) is 0 Å². The molecule has 2 heterocycles. The molecule has 0 saturated heterocycles. The van der Waals surface area contributed by atoms with E-state index in [9.17, 15) is 4.79 Å². The number of aromatic nitrogens is 2. The molecular weight excluding hydrogens is 272 g/mol. The highest BCUT2D eigenvalue weighted by Crippen LogP contribution is 2.31. The molecular formula is C19H20N2O.